The van der Waals surface area contributed by atoms with Crippen molar-refractivity contribution in [2.24, 2.45) is 0 Å². The van der Waals surface area contributed by atoms with E-state index in [0.717, 1.165) is 30.9 Å². The molecule has 0 aliphatic rings. The van der Waals surface area contributed by atoms with Gasteiger partial charge in [-0.05, 0) is 55.5 Å². The van der Waals surface area contributed by atoms with Crippen LogP contribution in [0.15, 0.2) is 60.8 Å². The zero-order valence-electron chi connectivity index (χ0n) is 14.8. The van der Waals surface area contributed by atoms with Crippen LogP contribution >= 0.6 is 0 Å². The van der Waals surface area contributed by atoms with Gasteiger partial charge in [0.05, 0.1) is 0 Å². The van der Waals surface area contributed by atoms with Crippen molar-refractivity contribution < 1.29 is 0 Å². The van der Waals surface area contributed by atoms with E-state index in [0.29, 0.717) is 5.95 Å². The molecule has 25 heavy (non-hydrogen) atoms. The summed E-state index contributed by atoms with van der Waals surface area (Å²) in [7, 11) is 0. The smallest absolute Gasteiger partial charge is 0.224 e. The lowest BCUT2D eigenvalue weighted by atomic mass is 10.1. The van der Waals surface area contributed by atoms with E-state index in [1.165, 1.54) is 16.7 Å². The predicted octanol–water partition coefficient (Wildman–Crippen LogP) is 4.88. The summed E-state index contributed by atoms with van der Waals surface area (Å²) in [5, 5.41) is 6.68. The fraction of sp³-hybridized carbons (Fsp3) is 0.238. The van der Waals surface area contributed by atoms with E-state index in [-0.39, 0.29) is 0 Å². The third-order valence-corrected chi connectivity index (χ3v) is 4.29. The second kappa shape index (κ2) is 8.29. The Morgan fingerprint density at radius 1 is 0.920 bits per heavy atom. The first-order chi connectivity index (χ1) is 12.2. The lowest BCUT2D eigenvalue weighted by Gasteiger charge is -2.12. The van der Waals surface area contributed by atoms with Crippen molar-refractivity contribution >= 4 is 17.5 Å². The molecule has 0 bridgehead atoms. The third-order valence-electron chi connectivity index (χ3n) is 4.29. The molecule has 2 aromatic carbocycles. The highest BCUT2D eigenvalue weighted by atomic mass is 15.1. The summed E-state index contributed by atoms with van der Waals surface area (Å²) in [6.07, 6.45) is 3.87. The predicted molar refractivity (Wildman–Crippen MR) is 104 cm³/mol. The molecule has 0 aliphatic heterocycles. The van der Waals surface area contributed by atoms with Crippen LogP contribution in [0.3, 0.4) is 0 Å². The Hall–Kier alpha value is -2.88. The van der Waals surface area contributed by atoms with E-state index in [4.69, 9.17) is 0 Å². The summed E-state index contributed by atoms with van der Waals surface area (Å²) in [5.41, 5.74) is 4.93. The van der Waals surface area contributed by atoms with E-state index in [1.807, 2.05) is 12.1 Å². The number of anilines is 3. The quantitative estimate of drug-likeness (QED) is 0.605. The van der Waals surface area contributed by atoms with Crippen molar-refractivity contribution in [2.45, 2.75) is 26.7 Å². The maximum atomic E-state index is 4.55. The zero-order valence-corrected chi connectivity index (χ0v) is 14.8. The van der Waals surface area contributed by atoms with Gasteiger partial charge in [0.25, 0.3) is 0 Å². The Kier molecular flexibility index (Phi) is 5.62. The van der Waals surface area contributed by atoms with Gasteiger partial charge in [-0.25, -0.2) is 4.98 Å². The van der Waals surface area contributed by atoms with Gasteiger partial charge in [0.1, 0.15) is 5.82 Å². The molecule has 1 aromatic heterocycles. The molecule has 3 rings (SSSR count). The van der Waals surface area contributed by atoms with Crippen LogP contribution in [0, 0.1) is 13.8 Å². The molecule has 1 heterocycles. The Bertz CT molecular complexity index is 815. The molecule has 4 nitrogen and oxygen atoms in total. The maximum absolute atomic E-state index is 4.55. The van der Waals surface area contributed by atoms with E-state index >= 15 is 0 Å². The monoisotopic (exact) mass is 332 g/mol. The molecule has 128 valence electrons. The number of aromatic nitrogens is 2. The zero-order chi connectivity index (χ0) is 17.5. The van der Waals surface area contributed by atoms with Crippen LogP contribution in [0.1, 0.15) is 23.1 Å². The van der Waals surface area contributed by atoms with Gasteiger partial charge in [-0.15, -0.1) is 0 Å². The van der Waals surface area contributed by atoms with Crippen LogP contribution in [0.4, 0.5) is 17.5 Å². The number of nitrogens with one attached hydrogen (secondary N) is 2. The Balaban J connectivity index is 1.55. The molecule has 3 aromatic rings. The fourth-order valence-electron chi connectivity index (χ4n) is 2.68. The summed E-state index contributed by atoms with van der Waals surface area (Å²) < 4.78 is 0. The lowest BCUT2D eigenvalue weighted by molar-refractivity contribution is 0.853. The molecule has 0 saturated carbocycles. The molecule has 0 unspecified atom stereocenters. The molecule has 4 heteroatoms. The van der Waals surface area contributed by atoms with Gasteiger partial charge in [0.15, 0.2) is 0 Å². The van der Waals surface area contributed by atoms with Crippen molar-refractivity contribution in [2.75, 3.05) is 17.2 Å². The molecule has 0 spiro atoms. The molecule has 0 atom stereocenters. The van der Waals surface area contributed by atoms with Crippen LogP contribution in [0.25, 0.3) is 0 Å². The Labute approximate surface area is 149 Å². The number of hydrogen-bond acceptors (Lipinski definition) is 4. The minimum Gasteiger partial charge on any atom is -0.354 e. The van der Waals surface area contributed by atoms with Gasteiger partial charge in [-0.1, -0.05) is 42.5 Å². The number of rotatable bonds is 7. The van der Waals surface area contributed by atoms with Gasteiger partial charge < -0.3 is 10.6 Å². The van der Waals surface area contributed by atoms with Crippen LogP contribution in [0.2, 0.25) is 0 Å². The summed E-state index contributed by atoms with van der Waals surface area (Å²) >= 11 is 0. The van der Waals surface area contributed by atoms with Gasteiger partial charge >= 0.3 is 0 Å². The van der Waals surface area contributed by atoms with Crippen molar-refractivity contribution in [1.82, 2.24) is 9.97 Å². The molecule has 0 amide bonds. The number of nitrogens with zero attached hydrogens (tertiary/aromatic N) is 2. The van der Waals surface area contributed by atoms with Crippen LogP contribution in [-0.4, -0.2) is 16.5 Å². The van der Waals surface area contributed by atoms with Crippen molar-refractivity contribution in [3.8, 4) is 0 Å². The Morgan fingerprint density at radius 3 is 2.60 bits per heavy atom. The molecule has 0 saturated heterocycles. The lowest BCUT2D eigenvalue weighted by Crippen LogP contribution is -2.07. The molecule has 0 radical (unpaired) electrons. The van der Waals surface area contributed by atoms with E-state index in [9.17, 15) is 0 Å². The molecule has 0 fully saturated rings. The summed E-state index contributed by atoms with van der Waals surface area (Å²) in [4.78, 5) is 8.85. The summed E-state index contributed by atoms with van der Waals surface area (Å²) in [5.74, 6) is 1.46. The van der Waals surface area contributed by atoms with Crippen LogP contribution < -0.4 is 10.6 Å². The molecule has 2 N–H and O–H groups in total. The second-order valence-corrected chi connectivity index (χ2v) is 6.15. The summed E-state index contributed by atoms with van der Waals surface area (Å²) in [6.45, 7) is 5.07. The van der Waals surface area contributed by atoms with E-state index in [1.54, 1.807) is 6.20 Å². The van der Waals surface area contributed by atoms with Crippen molar-refractivity contribution in [3.05, 3.63) is 77.5 Å². The largest absolute Gasteiger partial charge is 0.354 e. The minimum absolute atomic E-state index is 0.656. The van der Waals surface area contributed by atoms with Gasteiger partial charge in [0.2, 0.25) is 5.95 Å². The minimum atomic E-state index is 0.656. The van der Waals surface area contributed by atoms with E-state index in [2.05, 4.69) is 76.9 Å². The highest BCUT2D eigenvalue weighted by Crippen LogP contribution is 2.21. The summed E-state index contributed by atoms with van der Waals surface area (Å²) in [6, 6.07) is 18.6. The van der Waals surface area contributed by atoms with Crippen LogP contribution in [0.5, 0.6) is 0 Å². The molecular weight excluding hydrogens is 308 g/mol. The Morgan fingerprint density at radius 2 is 1.76 bits per heavy atom. The number of hydrogen-bond donors (Lipinski definition) is 2. The molecular formula is C21H24N4. The normalized spacial score (nSPS) is 10.5. The first-order valence-electron chi connectivity index (χ1n) is 8.66. The van der Waals surface area contributed by atoms with Crippen molar-refractivity contribution in [1.29, 1.82) is 0 Å². The highest BCUT2D eigenvalue weighted by molar-refractivity contribution is 5.62. The number of benzene rings is 2. The average molecular weight is 332 g/mol. The SMILES string of the molecule is Cc1cccc(Nc2ccnc(NCCCc3ccccc3)n2)c1C. The number of aryl methyl sites for hydroxylation is 2. The highest BCUT2D eigenvalue weighted by Gasteiger charge is 2.03. The fourth-order valence-corrected chi connectivity index (χ4v) is 2.68. The van der Waals surface area contributed by atoms with Crippen LogP contribution in [-0.2, 0) is 6.42 Å². The van der Waals surface area contributed by atoms with Gasteiger partial charge in [-0.2, -0.15) is 4.98 Å². The van der Waals surface area contributed by atoms with Gasteiger partial charge in [0, 0.05) is 18.4 Å². The second-order valence-electron chi connectivity index (χ2n) is 6.15. The first kappa shape index (κ1) is 17.0. The third kappa shape index (κ3) is 4.80. The standard InChI is InChI=1S/C21H24N4/c1-16-8-6-12-19(17(16)2)24-20-13-15-23-21(25-20)22-14-7-11-18-9-4-3-5-10-18/h3-6,8-10,12-13,15H,7,11,14H2,1-2H3,(H2,22,23,24,25). The van der Waals surface area contributed by atoms with E-state index < -0.39 is 0 Å². The topological polar surface area (TPSA) is 49.8 Å². The average Bonchev–Trinajstić information content (AvgIpc) is 2.64. The molecule has 0 aliphatic carbocycles. The van der Waals surface area contributed by atoms with Crippen molar-refractivity contribution in [3.63, 3.8) is 0 Å². The first-order valence-corrected chi connectivity index (χ1v) is 8.66. The van der Waals surface area contributed by atoms with Gasteiger partial charge in [-0.3, -0.25) is 0 Å². The maximum Gasteiger partial charge on any atom is 0.224 e.